The molecule has 0 aromatic rings. The Morgan fingerprint density at radius 1 is 1.04 bits per heavy atom. The van der Waals surface area contributed by atoms with Crippen LogP contribution in [0.4, 0.5) is 0 Å². The summed E-state index contributed by atoms with van der Waals surface area (Å²) in [5, 5.41) is 0. The van der Waals surface area contributed by atoms with E-state index in [2.05, 4.69) is 13.8 Å². The summed E-state index contributed by atoms with van der Waals surface area (Å²) in [6, 6.07) is 2.47. The molecular weight excluding hydrogens is 328 g/mol. The first kappa shape index (κ1) is 20.8. The lowest BCUT2D eigenvalue weighted by atomic mass is 10.2. The van der Waals surface area contributed by atoms with Crippen molar-refractivity contribution in [3.05, 3.63) is 0 Å². The van der Waals surface area contributed by atoms with Gasteiger partial charge >= 0.3 is 8.80 Å². The lowest BCUT2D eigenvalue weighted by molar-refractivity contribution is -0.139. The predicted molar refractivity (Wildman–Crippen MR) is 95.8 cm³/mol. The van der Waals surface area contributed by atoms with E-state index in [-0.39, 0.29) is 11.9 Å². The van der Waals surface area contributed by atoms with Crippen LogP contribution in [-0.2, 0) is 22.5 Å². The zero-order valence-electron chi connectivity index (χ0n) is 15.6. The molecule has 0 spiro atoms. The molecule has 0 radical (unpaired) electrons. The van der Waals surface area contributed by atoms with Crippen LogP contribution < -0.4 is 0 Å². The van der Waals surface area contributed by atoms with E-state index in [1.807, 2.05) is 6.92 Å². The fourth-order valence-electron chi connectivity index (χ4n) is 3.77. The van der Waals surface area contributed by atoms with Gasteiger partial charge in [-0.2, -0.15) is 0 Å². The zero-order chi connectivity index (χ0) is 17.5. The maximum absolute atomic E-state index is 12.7. The number of hydrogen-bond acceptors (Lipinski definition) is 5. The van der Waals surface area contributed by atoms with Gasteiger partial charge < -0.3 is 17.7 Å². The van der Waals surface area contributed by atoms with Crippen LogP contribution in [0.5, 0.6) is 0 Å². The summed E-state index contributed by atoms with van der Waals surface area (Å²) in [4.78, 5) is 12.7. The highest BCUT2D eigenvalue weighted by Crippen LogP contribution is 2.43. The maximum Gasteiger partial charge on any atom is 0.501 e. The van der Waals surface area contributed by atoms with Crippen LogP contribution in [0.15, 0.2) is 0 Å². The van der Waals surface area contributed by atoms with Crippen molar-refractivity contribution in [3.63, 3.8) is 0 Å². The first-order valence-electron chi connectivity index (χ1n) is 8.80. The van der Waals surface area contributed by atoms with Gasteiger partial charge in [-0.1, -0.05) is 33.6 Å². The second-order valence-corrected chi connectivity index (χ2v) is 14.1. The number of carbonyl (C=O) groups excluding carboxylic acids is 1. The van der Waals surface area contributed by atoms with Crippen molar-refractivity contribution in [2.45, 2.75) is 70.1 Å². The molecule has 0 bridgehead atoms. The van der Waals surface area contributed by atoms with Gasteiger partial charge in [0.15, 0.2) is 0 Å². The molecule has 1 aliphatic rings. The molecule has 23 heavy (non-hydrogen) atoms. The lowest BCUT2D eigenvalue weighted by Crippen LogP contribution is -2.48. The second kappa shape index (κ2) is 9.31. The molecule has 1 saturated carbocycles. The monoisotopic (exact) mass is 362 g/mol. The standard InChI is InChI=1S/C16H34O5Si2/c1-7-22(8-2,15-11-9-10-12-15)21-16(17)14(3)13-23(18-4,19-5)20-6/h14-15H,7-13H2,1-6H3. The van der Waals surface area contributed by atoms with Crippen LogP contribution in [0.3, 0.4) is 0 Å². The normalized spacial score (nSPS) is 18.2. The SMILES string of the molecule is CC[Si](CC)(OC(=O)C(C)C[Si](OC)(OC)OC)C1CCCC1. The van der Waals surface area contributed by atoms with Crippen LogP contribution in [0.2, 0.25) is 23.7 Å². The van der Waals surface area contributed by atoms with Crippen LogP contribution >= 0.6 is 0 Å². The minimum atomic E-state index is -2.76. The van der Waals surface area contributed by atoms with Crippen molar-refractivity contribution in [1.82, 2.24) is 0 Å². The van der Waals surface area contributed by atoms with E-state index in [1.54, 1.807) is 21.3 Å². The van der Waals surface area contributed by atoms with Gasteiger partial charge in [-0.15, -0.1) is 0 Å². The number of carbonyl (C=O) groups is 1. The quantitative estimate of drug-likeness (QED) is 0.550. The van der Waals surface area contributed by atoms with Crippen molar-refractivity contribution in [3.8, 4) is 0 Å². The minimum Gasteiger partial charge on any atom is -0.519 e. The summed E-state index contributed by atoms with van der Waals surface area (Å²) in [6.07, 6.45) is 5.00. The fraction of sp³-hybridized carbons (Fsp3) is 0.938. The molecule has 1 atom stereocenters. The second-order valence-electron chi connectivity index (χ2n) is 6.57. The molecule has 0 heterocycles. The average Bonchev–Trinajstić information content (AvgIpc) is 3.12. The highest BCUT2D eigenvalue weighted by Gasteiger charge is 2.47. The van der Waals surface area contributed by atoms with Crippen LogP contribution in [0, 0.1) is 5.92 Å². The van der Waals surface area contributed by atoms with Crippen LogP contribution in [0.1, 0.15) is 46.5 Å². The highest BCUT2D eigenvalue weighted by atomic mass is 28.4. The van der Waals surface area contributed by atoms with E-state index in [0.717, 1.165) is 12.1 Å². The minimum absolute atomic E-state index is 0.102. The summed E-state index contributed by atoms with van der Waals surface area (Å²) < 4.78 is 22.5. The van der Waals surface area contributed by atoms with Gasteiger partial charge in [-0.3, -0.25) is 4.79 Å². The third-order valence-corrected chi connectivity index (χ3v) is 13.5. The summed E-state index contributed by atoms with van der Waals surface area (Å²) in [7, 11) is -0.0256. The Balaban J connectivity index is 2.78. The molecule has 136 valence electrons. The van der Waals surface area contributed by atoms with E-state index >= 15 is 0 Å². The topological polar surface area (TPSA) is 54.0 Å². The van der Waals surface area contributed by atoms with E-state index in [1.165, 1.54) is 25.7 Å². The molecule has 1 aliphatic carbocycles. The summed E-state index contributed by atoms with van der Waals surface area (Å²) in [6.45, 7) is 6.26. The van der Waals surface area contributed by atoms with Gasteiger partial charge in [0.05, 0.1) is 5.92 Å². The third kappa shape index (κ3) is 4.88. The van der Waals surface area contributed by atoms with Crippen molar-refractivity contribution in [2.24, 2.45) is 5.92 Å². The zero-order valence-corrected chi connectivity index (χ0v) is 17.6. The molecule has 0 N–H and O–H groups in total. The first-order valence-corrected chi connectivity index (χ1v) is 13.1. The average molecular weight is 363 g/mol. The molecule has 1 rings (SSSR count). The van der Waals surface area contributed by atoms with Gasteiger partial charge in [0.2, 0.25) is 0 Å². The Hall–Kier alpha value is -0.216. The van der Waals surface area contributed by atoms with E-state index in [4.69, 9.17) is 17.7 Å². The molecule has 0 aromatic carbocycles. The Kier molecular flexibility index (Phi) is 8.43. The lowest BCUT2D eigenvalue weighted by Gasteiger charge is -2.36. The van der Waals surface area contributed by atoms with Crippen LogP contribution in [-0.4, -0.2) is 44.4 Å². The van der Waals surface area contributed by atoms with Gasteiger partial charge in [0.1, 0.15) is 0 Å². The van der Waals surface area contributed by atoms with Crippen molar-refractivity contribution >= 4 is 23.1 Å². The smallest absolute Gasteiger partial charge is 0.501 e. The Labute approximate surface area is 143 Å². The van der Waals surface area contributed by atoms with E-state index < -0.39 is 17.1 Å². The molecule has 0 amide bonds. The van der Waals surface area contributed by atoms with Gasteiger partial charge in [-0.05, 0) is 30.5 Å². The predicted octanol–water partition coefficient (Wildman–Crippen LogP) is 3.97. The summed E-state index contributed by atoms with van der Waals surface area (Å²) in [5.41, 5.74) is 0.628. The molecule has 1 unspecified atom stereocenters. The van der Waals surface area contributed by atoms with Crippen molar-refractivity contribution in [2.75, 3.05) is 21.3 Å². The Morgan fingerprint density at radius 2 is 1.52 bits per heavy atom. The number of rotatable bonds is 10. The summed E-state index contributed by atoms with van der Waals surface area (Å²) in [5.74, 6) is -0.372. The molecular formula is C16H34O5Si2. The first-order chi connectivity index (χ1) is 10.9. The van der Waals surface area contributed by atoms with Gasteiger partial charge in [0.25, 0.3) is 14.3 Å². The Morgan fingerprint density at radius 3 is 1.91 bits per heavy atom. The third-order valence-electron chi connectivity index (χ3n) is 5.49. The largest absolute Gasteiger partial charge is 0.519 e. The van der Waals surface area contributed by atoms with E-state index in [0.29, 0.717) is 11.6 Å². The fourth-order valence-corrected chi connectivity index (χ4v) is 9.86. The van der Waals surface area contributed by atoms with E-state index in [9.17, 15) is 4.79 Å². The van der Waals surface area contributed by atoms with Gasteiger partial charge in [0, 0.05) is 27.4 Å². The van der Waals surface area contributed by atoms with Gasteiger partial charge in [-0.25, -0.2) is 0 Å². The van der Waals surface area contributed by atoms with Crippen LogP contribution in [0.25, 0.3) is 0 Å². The molecule has 1 fully saturated rings. The highest BCUT2D eigenvalue weighted by molar-refractivity contribution is 6.76. The molecule has 0 saturated heterocycles. The Bertz CT molecular complexity index is 355. The molecule has 0 aliphatic heterocycles. The molecule has 7 heteroatoms. The number of hydrogen-bond donors (Lipinski definition) is 0. The maximum atomic E-state index is 12.7. The summed E-state index contributed by atoms with van der Waals surface area (Å²) >= 11 is 0. The molecule has 5 nitrogen and oxygen atoms in total. The van der Waals surface area contributed by atoms with Crippen molar-refractivity contribution in [1.29, 1.82) is 0 Å². The molecule has 0 aromatic heterocycles. The van der Waals surface area contributed by atoms with Crippen molar-refractivity contribution < 1.29 is 22.5 Å².